The Bertz CT molecular complexity index is 1510. The van der Waals surface area contributed by atoms with Crippen LogP contribution in [0.5, 0.6) is 0 Å². The molecule has 7 nitrogen and oxygen atoms in total. The summed E-state index contributed by atoms with van der Waals surface area (Å²) in [6.45, 7) is 8.06. The van der Waals surface area contributed by atoms with Crippen LogP contribution in [0.3, 0.4) is 0 Å². The van der Waals surface area contributed by atoms with Crippen molar-refractivity contribution in [2.75, 3.05) is 16.4 Å². The fourth-order valence-corrected chi connectivity index (χ4v) is 5.28. The van der Waals surface area contributed by atoms with Gasteiger partial charge in [0.25, 0.3) is 0 Å². The molecule has 11 heteroatoms. The second-order valence-corrected chi connectivity index (χ2v) is 11.8. The summed E-state index contributed by atoms with van der Waals surface area (Å²) in [6, 6.07) is 14.2. The first-order valence-corrected chi connectivity index (χ1v) is 13.2. The number of benzene rings is 2. The molecule has 2 aromatic heterocycles. The van der Waals surface area contributed by atoms with Gasteiger partial charge in [-0.3, -0.25) is 0 Å². The summed E-state index contributed by atoms with van der Waals surface area (Å²) < 4.78 is 13.4. The maximum atomic E-state index is 12.5. The van der Waals surface area contributed by atoms with Crippen LogP contribution in [0.2, 0.25) is 10.0 Å². The average molecular weight is 555 g/mol. The maximum Gasteiger partial charge on any atom is 0.496 e. The Morgan fingerprint density at radius 2 is 1.59 bits per heavy atom. The van der Waals surface area contributed by atoms with Crippen LogP contribution < -0.4 is 21.8 Å². The number of carbonyl (C=O) groups excluding carboxylic acids is 1. The number of aromatic nitrogens is 1. The number of nitrogens with two attached hydrogens (primary N) is 1. The molecule has 1 aliphatic heterocycles. The first kappa shape index (κ1) is 25.8. The predicted octanol–water partition coefficient (Wildman–Crippen LogP) is 6.80. The highest BCUT2D eigenvalue weighted by atomic mass is 35.5. The van der Waals surface area contributed by atoms with Crippen molar-refractivity contribution in [3.8, 4) is 10.4 Å². The molecule has 0 radical (unpaired) electrons. The van der Waals surface area contributed by atoms with Gasteiger partial charge in [0.15, 0.2) is 0 Å². The lowest BCUT2D eigenvalue weighted by Crippen LogP contribution is -2.41. The normalized spacial score (nSPS) is 16.2. The van der Waals surface area contributed by atoms with Gasteiger partial charge in [-0.1, -0.05) is 23.2 Å². The van der Waals surface area contributed by atoms with E-state index in [1.807, 2.05) is 58.0 Å². The molecule has 0 unspecified atom stereocenters. The second kappa shape index (κ2) is 9.49. The largest absolute Gasteiger partial charge is 0.496 e. The minimum absolute atomic E-state index is 0.364. The molecule has 190 valence electrons. The highest BCUT2D eigenvalue weighted by Crippen LogP contribution is 2.39. The van der Waals surface area contributed by atoms with Crippen LogP contribution in [0.15, 0.2) is 54.7 Å². The molecule has 5 rings (SSSR count). The molecule has 0 bridgehead atoms. The molecule has 4 aromatic rings. The fraction of sp³-hybridized carbons (Fsp3) is 0.231. The van der Waals surface area contributed by atoms with Crippen molar-refractivity contribution in [3.05, 3.63) is 64.8 Å². The Balaban J connectivity index is 1.37. The van der Waals surface area contributed by atoms with Gasteiger partial charge in [0.05, 0.1) is 21.2 Å². The Hall–Kier alpha value is -2.82. The number of anilines is 3. The number of urea groups is 1. The summed E-state index contributed by atoms with van der Waals surface area (Å²) in [6.07, 6.45) is 1.70. The number of fused-ring (bicyclic) bond motifs is 1. The number of thiophene rings is 1. The molecule has 0 aliphatic carbocycles. The van der Waals surface area contributed by atoms with Gasteiger partial charge >= 0.3 is 13.1 Å². The Morgan fingerprint density at radius 1 is 0.946 bits per heavy atom. The minimum atomic E-state index is -0.531. The molecule has 1 saturated heterocycles. The number of nitrogens with one attached hydrogen (secondary N) is 2. The van der Waals surface area contributed by atoms with E-state index in [4.69, 9.17) is 38.2 Å². The zero-order chi connectivity index (χ0) is 26.5. The van der Waals surface area contributed by atoms with E-state index in [-0.39, 0.29) is 0 Å². The number of halogens is 2. The molecule has 0 atom stereocenters. The van der Waals surface area contributed by atoms with E-state index < -0.39 is 24.4 Å². The molecule has 1 fully saturated rings. The number of carbonyl (C=O) groups is 1. The molecular weight excluding hydrogens is 530 g/mol. The van der Waals surface area contributed by atoms with E-state index in [1.165, 1.54) is 0 Å². The number of hydrogen-bond acceptors (Lipinski definition) is 6. The van der Waals surface area contributed by atoms with Crippen molar-refractivity contribution >= 4 is 80.4 Å². The molecule has 1 aliphatic rings. The number of pyridine rings is 1. The lowest BCUT2D eigenvalue weighted by Gasteiger charge is -2.32. The summed E-state index contributed by atoms with van der Waals surface area (Å²) in [5, 5.41) is 7.35. The van der Waals surface area contributed by atoms with E-state index in [9.17, 15) is 4.79 Å². The average Bonchev–Trinajstić information content (AvgIpc) is 3.33. The van der Waals surface area contributed by atoms with Crippen molar-refractivity contribution in [2.45, 2.75) is 38.9 Å². The monoisotopic (exact) mass is 554 g/mol. The molecule has 4 N–H and O–H groups in total. The molecule has 3 heterocycles. The third-order valence-electron chi connectivity index (χ3n) is 6.68. The molecule has 0 saturated carbocycles. The van der Waals surface area contributed by atoms with Crippen molar-refractivity contribution in [3.63, 3.8) is 0 Å². The summed E-state index contributed by atoms with van der Waals surface area (Å²) in [7, 11) is -0.531. The van der Waals surface area contributed by atoms with Gasteiger partial charge < -0.3 is 25.7 Å². The van der Waals surface area contributed by atoms with Crippen LogP contribution in [0.25, 0.3) is 20.5 Å². The quantitative estimate of drug-likeness (QED) is 0.241. The van der Waals surface area contributed by atoms with Crippen molar-refractivity contribution in [1.29, 1.82) is 0 Å². The van der Waals surface area contributed by atoms with Gasteiger partial charge in [-0.2, -0.15) is 0 Å². The van der Waals surface area contributed by atoms with Gasteiger partial charge in [-0.15, -0.1) is 11.3 Å². The Morgan fingerprint density at radius 3 is 2.27 bits per heavy atom. The van der Waals surface area contributed by atoms with Crippen LogP contribution in [0, 0.1) is 0 Å². The standard InChI is InChI=1S/C26H25BCl2N4O3S/c1-25(2)26(3,4)36-27(35-25)15-11-18(23(30)31-13-15)22-10-14-9-16(6-8-21(14)37-22)32-24(34)33-17-5-7-19(28)20(29)12-17/h5-13H,1-4H3,(H2,30,31)(H2,32,33,34). The smallest absolute Gasteiger partial charge is 0.399 e. The van der Waals surface area contributed by atoms with Crippen LogP contribution >= 0.6 is 34.5 Å². The zero-order valence-electron chi connectivity index (χ0n) is 20.7. The Labute approximate surface area is 229 Å². The number of nitrogen functional groups attached to an aromatic ring is 1. The van der Waals surface area contributed by atoms with E-state index in [2.05, 4.69) is 15.6 Å². The van der Waals surface area contributed by atoms with E-state index >= 15 is 0 Å². The van der Waals surface area contributed by atoms with Crippen molar-refractivity contribution < 1.29 is 14.1 Å². The van der Waals surface area contributed by atoms with Crippen LogP contribution in [-0.4, -0.2) is 29.3 Å². The van der Waals surface area contributed by atoms with Gasteiger partial charge in [-0.05, 0) is 81.6 Å². The summed E-state index contributed by atoms with van der Waals surface area (Å²) >= 11 is 13.6. The van der Waals surface area contributed by atoms with Gasteiger partial charge in [0, 0.05) is 38.2 Å². The first-order chi connectivity index (χ1) is 17.4. The van der Waals surface area contributed by atoms with Crippen LogP contribution in [0.1, 0.15) is 27.7 Å². The molecule has 37 heavy (non-hydrogen) atoms. The minimum Gasteiger partial charge on any atom is -0.399 e. The highest BCUT2D eigenvalue weighted by Gasteiger charge is 2.51. The van der Waals surface area contributed by atoms with Crippen molar-refractivity contribution in [2.24, 2.45) is 0 Å². The van der Waals surface area contributed by atoms with Gasteiger partial charge in [0.2, 0.25) is 0 Å². The Kier molecular flexibility index (Phi) is 6.62. The number of hydrogen-bond donors (Lipinski definition) is 3. The van der Waals surface area contributed by atoms with E-state index in [1.54, 1.807) is 35.7 Å². The first-order valence-electron chi connectivity index (χ1n) is 11.6. The number of amides is 2. The summed E-state index contributed by atoms with van der Waals surface area (Å²) in [5.41, 5.74) is 8.16. The lowest BCUT2D eigenvalue weighted by atomic mass is 9.79. The molecule has 2 aromatic carbocycles. The second-order valence-electron chi connectivity index (χ2n) is 9.86. The van der Waals surface area contributed by atoms with Crippen LogP contribution in [-0.2, 0) is 9.31 Å². The maximum absolute atomic E-state index is 12.5. The summed E-state index contributed by atoms with van der Waals surface area (Å²) in [4.78, 5) is 17.9. The lowest BCUT2D eigenvalue weighted by molar-refractivity contribution is 0.00578. The van der Waals surface area contributed by atoms with Gasteiger partial charge in [0.1, 0.15) is 5.82 Å². The van der Waals surface area contributed by atoms with Crippen LogP contribution in [0.4, 0.5) is 22.0 Å². The van der Waals surface area contributed by atoms with Crippen molar-refractivity contribution in [1.82, 2.24) is 4.98 Å². The molecular formula is C26H25BCl2N4O3S. The number of nitrogens with zero attached hydrogens (tertiary/aromatic N) is 1. The highest BCUT2D eigenvalue weighted by molar-refractivity contribution is 7.22. The third-order valence-corrected chi connectivity index (χ3v) is 8.57. The fourth-order valence-electron chi connectivity index (χ4n) is 3.92. The topological polar surface area (TPSA) is 98.5 Å². The number of rotatable bonds is 4. The van der Waals surface area contributed by atoms with E-state index in [0.29, 0.717) is 27.2 Å². The van der Waals surface area contributed by atoms with E-state index in [0.717, 1.165) is 26.0 Å². The molecule has 2 amide bonds. The SMILES string of the molecule is CC1(C)OB(c2cnc(N)c(-c3cc4cc(NC(=O)Nc5ccc(Cl)c(Cl)c5)ccc4s3)c2)OC1(C)C. The molecule has 0 spiro atoms. The predicted molar refractivity (Wildman–Crippen MR) is 154 cm³/mol. The zero-order valence-corrected chi connectivity index (χ0v) is 23.0. The van der Waals surface area contributed by atoms with Gasteiger partial charge in [-0.25, -0.2) is 9.78 Å². The summed E-state index contributed by atoms with van der Waals surface area (Å²) in [5.74, 6) is 0.422. The third kappa shape index (κ3) is 5.15.